The molecular weight excluding hydrogens is 371 g/mol. The monoisotopic (exact) mass is 394 g/mol. The maximum atomic E-state index is 13.3. The van der Waals surface area contributed by atoms with Gasteiger partial charge >= 0.3 is 0 Å². The average Bonchev–Trinajstić information content (AvgIpc) is 3.19. The Kier molecular flexibility index (Phi) is 5.61. The van der Waals surface area contributed by atoms with Crippen LogP contribution in [0.4, 0.5) is 4.39 Å². The molecule has 9 heteroatoms. The van der Waals surface area contributed by atoms with Gasteiger partial charge in [-0.3, -0.25) is 9.69 Å². The number of hydrogen-bond donors (Lipinski definition) is 1. The van der Waals surface area contributed by atoms with Crippen LogP contribution in [0.5, 0.6) is 0 Å². The summed E-state index contributed by atoms with van der Waals surface area (Å²) in [6.07, 6.45) is 3.94. The Balaban J connectivity index is 1.73. The van der Waals surface area contributed by atoms with Gasteiger partial charge in [0.15, 0.2) is 9.84 Å². The number of rotatable bonds is 6. The summed E-state index contributed by atoms with van der Waals surface area (Å²) >= 11 is 0. The van der Waals surface area contributed by atoms with E-state index in [0.29, 0.717) is 17.8 Å². The molecular formula is C18H23FN4O3S. The van der Waals surface area contributed by atoms with Gasteiger partial charge in [-0.15, -0.1) is 0 Å². The highest BCUT2D eigenvalue weighted by Gasteiger charge is 2.31. The number of hydrogen-bond acceptors (Lipinski definition) is 5. The number of aromatic nitrogens is 2. The van der Waals surface area contributed by atoms with Crippen LogP contribution in [0.1, 0.15) is 23.9 Å². The van der Waals surface area contributed by atoms with Crippen molar-refractivity contribution in [2.24, 2.45) is 7.05 Å². The van der Waals surface area contributed by atoms with Gasteiger partial charge in [-0.05, 0) is 31.2 Å². The van der Waals surface area contributed by atoms with Gasteiger partial charge in [-0.2, -0.15) is 0 Å². The number of benzene rings is 1. The molecule has 2 atom stereocenters. The summed E-state index contributed by atoms with van der Waals surface area (Å²) in [7, 11) is 0.559. The molecule has 7 nitrogen and oxygen atoms in total. The van der Waals surface area contributed by atoms with Crippen LogP contribution in [0.3, 0.4) is 0 Å². The zero-order chi connectivity index (χ0) is 19.6. The van der Waals surface area contributed by atoms with Crippen LogP contribution in [0, 0.1) is 5.82 Å². The third kappa shape index (κ3) is 4.72. The SMILES string of the molecule is CN(CC(=O)NC(c1ccc(F)cc1)c1nccn1C)C1CCS(=O)(=O)C1. The average molecular weight is 394 g/mol. The predicted octanol–water partition coefficient (Wildman–Crippen LogP) is 0.884. The van der Waals surface area contributed by atoms with Crippen LogP contribution in [0.2, 0.25) is 0 Å². The fourth-order valence-electron chi connectivity index (χ4n) is 3.29. The van der Waals surface area contributed by atoms with Crippen LogP contribution in [-0.2, 0) is 21.7 Å². The first-order chi connectivity index (χ1) is 12.7. The van der Waals surface area contributed by atoms with Crippen molar-refractivity contribution in [3.05, 3.63) is 53.9 Å². The lowest BCUT2D eigenvalue weighted by molar-refractivity contribution is -0.122. The van der Waals surface area contributed by atoms with Crippen molar-refractivity contribution >= 4 is 15.7 Å². The lowest BCUT2D eigenvalue weighted by Crippen LogP contribution is -2.42. The first kappa shape index (κ1) is 19.5. The fraction of sp³-hybridized carbons (Fsp3) is 0.444. The molecule has 146 valence electrons. The summed E-state index contributed by atoms with van der Waals surface area (Å²) in [4.78, 5) is 18.7. The number of amides is 1. The molecule has 1 aromatic heterocycles. The highest BCUT2D eigenvalue weighted by molar-refractivity contribution is 7.91. The minimum absolute atomic E-state index is 0.0717. The Bertz CT molecular complexity index is 911. The van der Waals surface area contributed by atoms with E-state index in [2.05, 4.69) is 10.3 Å². The van der Waals surface area contributed by atoms with E-state index in [9.17, 15) is 17.6 Å². The molecule has 2 unspecified atom stereocenters. The van der Waals surface area contributed by atoms with E-state index >= 15 is 0 Å². The second-order valence-corrected chi connectivity index (χ2v) is 9.15. The normalized spacial score (nSPS) is 19.9. The van der Waals surface area contributed by atoms with Gasteiger partial charge in [0.25, 0.3) is 0 Å². The Hall–Kier alpha value is -2.26. The Morgan fingerprint density at radius 3 is 2.67 bits per heavy atom. The molecule has 0 saturated carbocycles. The van der Waals surface area contributed by atoms with Crippen molar-refractivity contribution in [2.75, 3.05) is 25.1 Å². The molecule has 2 heterocycles. The van der Waals surface area contributed by atoms with E-state index in [1.54, 1.807) is 41.0 Å². The lowest BCUT2D eigenvalue weighted by atomic mass is 10.1. The summed E-state index contributed by atoms with van der Waals surface area (Å²) in [5.41, 5.74) is 0.713. The van der Waals surface area contributed by atoms with E-state index in [0.717, 1.165) is 0 Å². The Morgan fingerprint density at radius 2 is 2.11 bits per heavy atom. The van der Waals surface area contributed by atoms with Crippen LogP contribution >= 0.6 is 0 Å². The molecule has 0 spiro atoms. The van der Waals surface area contributed by atoms with E-state index < -0.39 is 15.9 Å². The highest BCUT2D eigenvalue weighted by atomic mass is 32.2. The number of nitrogens with zero attached hydrogens (tertiary/aromatic N) is 3. The summed E-state index contributed by atoms with van der Waals surface area (Å²) in [6.45, 7) is 0.0717. The molecule has 1 aromatic carbocycles. The Labute approximate surface area is 158 Å². The van der Waals surface area contributed by atoms with Gasteiger partial charge in [0, 0.05) is 25.5 Å². The molecule has 0 radical (unpaired) electrons. The van der Waals surface area contributed by atoms with Crippen molar-refractivity contribution in [2.45, 2.75) is 18.5 Å². The molecule has 3 rings (SSSR count). The number of aryl methyl sites for hydroxylation is 1. The van der Waals surface area contributed by atoms with E-state index in [1.807, 2.05) is 7.05 Å². The third-order valence-corrected chi connectivity index (χ3v) is 6.60. The molecule has 0 bridgehead atoms. The summed E-state index contributed by atoms with van der Waals surface area (Å²) in [5, 5.41) is 2.94. The van der Waals surface area contributed by atoms with E-state index in [1.165, 1.54) is 12.1 Å². The molecule has 1 N–H and O–H groups in total. The van der Waals surface area contributed by atoms with Crippen LogP contribution < -0.4 is 5.32 Å². The minimum Gasteiger partial charge on any atom is -0.341 e. The van der Waals surface area contributed by atoms with E-state index in [4.69, 9.17) is 0 Å². The highest BCUT2D eigenvalue weighted by Crippen LogP contribution is 2.21. The summed E-state index contributed by atoms with van der Waals surface area (Å²) in [6, 6.07) is 5.22. The number of nitrogens with one attached hydrogen (secondary N) is 1. The van der Waals surface area contributed by atoms with Crippen molar-refractivity contribution in [3.8, 4) is 0 Å². The molecule has 1 aliphatic rings. The molecule has 1 aliphatic heterocycles. The number of halogens is 1. The van der Waals surface area contributed by atoms with Crippen LogP contribution in [0.15, 0.2) is 36.7 Å². The lowest BCUT2D eigenvalue weighted by Gasteiger charge is -2.24. The number of carbonyl (C=O) groups excluding carboxylic acids is 1. The van der Waals surface area contributed by atoms with Crippen LogP contribution in [-0.4, -0.2) is 59.9 Å². The first-order valence-corrected chi connectivity index (χ1v) is 10.5. The van der Waals surface area contributed by atoms with Gasteiger partial charge in [0.05, 0.1) is 18.1 Å². The van der Waals surface area contributed by atoms with Crippen molar-refractivity contribution in [1.82, 2.24) is 19.8 Å². The quantitative estimate of drug-likeness (QED) is 0.787. The number of imidazole rings is 1. The van der Waals surface area contributed by atoms with Gasteiger partial charge in [-0.25, -0.2) is 17.8 Å². The number of sulfone groups is 1. The topological polar surface area (TPSA) is 84.3 Å². The third-order valence-electron chi connectivity index (χ3n) is 4.85. The van der Waals surface area contributed by atoms with Gasteiger partial charge in [0.2, 0.25) is 5.91 Å². The zero-order valence-electron chi connectivity index (χ0n) is 15.3. The standard InChI is InChI=1S/C18H23FN4O3S/c1-22-9-8-20-18(22)17(13-3-5-14(19)6-4-13)21-16(24)11-23(2)15-7-10-27(25,26)12-15/h3-6,8-9,15,17H,7,10-12H2,1-2H3,(H,21,24). The number of carbonyl (C=O) groups is 1. The summed E-state index contributed by atoms with van der Waals surface area (Å²) in [5.74, 6) is 0.262. The molecule has 1 amide bonds. The maximum absolute atomic E-state index is 13.3. The number of likely N-dealkylation sites (N-methyl/N-ethyl adjacent to an activating group) is 1. The second-order valence-electron chi connectivity index (χ2n) is 6.92. The molecule has 1 fully saturated rings. The Morgan fingerprint density at radius 1 is 1.41 bits per heavy atom. The van der Waals surface area contributed by atoms with Gasteiger partial charge in [-0.1, -0.05) is 12.1 Å². The van der Waals surface area contributed by atoms with Crippen molar-refractivity contribution in [3.63, 3.8) is 0 Å². The van der Waals surface area contributed by atoms with E-state index in [-0.39, 0.29) is 35.8 Å². The first-order valence-electron chi connectivity index (χ1n) is 8.68. The van der Waals surface area contributed by atoms with Crippen LogP contribution in [0.25, 0.3) is 0 Å². The van der Waals surface area contributed by atoms with Gasteiger partial charge < -0.3 is 9.88 Å². The van der Waals surface area contributed by atoms with Gasteiger partial charge in [0.1, 0.15) is 17.7 Å². The minimum atomic E-state index is -3.01. The fourth-order valence-corrected chi connectivity index (χ4v) is 5.10. The molecule has 27 heavy (non-hydrogen) atoms. The second kappa shape index (κ2) is 7.77. The largest absolute Gasteiger partial charge is 0.341 e. The zero-order valence-corrected chi connectivity index (χ0v) is 16.1. The smallest absolute Gasteiger partial charge is 0.235 e. The van der Waals surface area contributed by atoms with Crippen molar-refractivity contribution in [1.29, 1.82) is 0 Å². The summed E-state index contributed by atoms with van der Waals surface area (Å²) < 4.78 is 38.4. The molecule has 1 saturated heterocycles. The molecule has 0 aliphatic carbocycles. The van der Waals surface area contributed by atoms with Crippen molar-refractivity contribution < 1.29 is 17.6 Å². The maximum Gasteiger partial charge on any atom is 0.235 e. The molecule has 2 aromatic rings. The predicted molar refractivity (Wildman–Crippen MR) is 99.3 cm³/mol.